The third kappa shape index (κ3) is 5.25. The molecule has 6 nitrogen and oxygen atoms in total. The zero-order chi connectivity index (χ0) is 17.6. The lowest BCUT2D eigenvalue weighted by Crippen LogP contribution is -2.30. The number of benzene rings is 1. The number of rotatable bonds is 4. The van der Waals surface area contributed by atoms with E-state index in [0.29, 0.717) is 5.56 Å². The summed E-state index contributed by atoms with van der Waals surface area (Å²) in [7, 11) is 1.18. The van der Waals surface area contributed by atoms with Gasteiger partial charge >= 0.3 is 11.9 Å². The Kier molecular flexibility index (Phi) is 6.07. The summed E-state index contributed by atoms with van der Waals surface area (Å²) in [5, 5.41) is 2.37. The van der Waals surface area contributed by atoms with Crippen molar-refractivity contribution in [3.8, 4) is 0 Å². The second-order valence-electron chi connectivity index (χ2n) is 5.88. The van der Waals surface area contributed by atoms with Crippen molar-refractivity contribution in [1.29, 1.82) is 0 Å². The van der Waals surface area contributed by atoms with Gasteiger partial charge in [0.05, 0.1) is 12.5 Å². The van der Waals surface area contributed by atoms with Crippen LogP contribution in [0, 0.1) is 5.41 Å². The number of hydrogen-bond donors (Lipinski definition) is 1. The molecule has 0 atom stereocenters. The average molecular weight is 319 g/mol. The number of methoxy groups -OCH3 is 1. The van der Waals surface area contributed by atoms with Gasteiger partial charge < -0.3 is 14.8 Å². The predicted molar refractivity (Wildman–Crippen MR) is 84.7 cm³/mol. The van der Waals surface area contributed by atoms with Crippen LogP contribution < -0.4 is 5.32 Å². The Morgan fingerprint density at radius 3 is 2.04 bits per heavy atom. The molecule has 0 saturated heterocycles. The largest absolute Gasteiger partial charge is 0.464 e. The van der Waals surface area contributed by atoms with E-state index in [4.69, 9.17) is 4.74 Å². The van der Waals surface area contributed by atoms with Crippen LogP contribution >= 0.6 is 0 Å². The van der Waals surface area contributed by atoms with Crippen molar-refractivity contribution in [2.24, 2.45) is 5.41 Å². The van der Waals surface area contributed by atoms with Gasteiger partial charge in [-0.1, -0.05) is 30.3 Å². The Balaban J connectivity index is 3.46. The Morgan fingerprint density at radius 2 is 1.61 bits per heavy atom. The van der Waals surface area contributed by atoms with Crippen molar-refractivity contribution in [3.05, 3.63) is 41.6 Å². The van der Waals surface area contributed by atoms with Crippen LogP contribution in [-0.2, 0) is 23.9 Å². The van der Waals surface area contributed by atoms with E-state index in [0.717, 1.165) is 0 Å². The predicted octanol–water partition coefficient (Wildman–Crippen LogP) is 2.25. The number of ether oxygens (including phenoxy) is 2. The summed E-state index contributed by atoms with van der Waals surface area (Å²) in [5.74, 6) is -1.87. The fourth-order valence-electron chi connectivity index (χ4n) is 1.57. The van der Waals surface area contributed by atoms with Crippen molar-refractivity contribution >= 4 is 23.6 Å². The van der Waals surface area contributed by atoms with Gasteiger partial charge in [-0.2, -0.15) is 0 Å². The van der Waals surface area contributed by atoms with Gasteiger partial charge in [0.2, 0.25) is 5.91 Å². The first kappa shape index (κ1) is 18.4. The molecule has 0 aliphatic carbocycles. The quantitative estimate of drug-likeness (QED) is 0.523. The molecule has 0 spiro atoms. The summed E-state index contributed by atoms with van der Waals surface area (Å²) in [5.41, 5.74) is -0.527. The lowest BCUT2D eigenvalue weighted by molar-refractivity contribution is -0.145. The van der Waals surface area contributed by atoms with E-state index in [2.05, 4.69) is 10.1 Å². The van der Waals surface area contributed by atoms with Crippen molar-refractivity contribution in [2.45, 2.75) is 27.7 Å². The summed E-state index contributed by atoms with van der Waals surface area (Å²) in [6.07, 6.45) is 0. The number of esters is 2. The molecule has 0 radical (unpaired) electrons. The van der Waals surface area contributed by atoms with Crippen LogP contribution in [0.25, 0.3) is 5.76 Å². The highest BCUT2D eigenvalue weighted by molar-refractivity contribution is 6.01. The van der Waals surface area contributed by atoms with E-state index in [1.54, 1.807) is 51.1 Å². The van der Waals surface area contributed by atoms with E-state index in [-0.39, 0.29) is 11.5 Å². The van der Waals surface area contributed by atoms with Gasteiger partial charge in [-0.3, -0.25) is 9.59 Å². The standard InChI is InChI=1S/C17H21NO5/c1-11(19)18-13(15(20)22-5)14(12-9-7-6-8-10-12)23-16(21)17(2,3)4/h6-10H,1-5H3,(H,18,19)/b14-13+. The molecular weight excluding hydrogens is 298 g/mol. The second-order valence-corrected chi connectivity index (χ2v) is 5.88. The van der Waals surface area contributed by atoms with Gasteiger partial charge in [0, 0.05) is 12.5 Å². The lowest BCUT2D eigenvalue weighted by Gasteiger charge is -2.20. The highest BCUT2D eigenvalue weighted by Crippen LogP contribution is 2.25. The first-order valence-corrected chi connectivity index (χ1v) is 7.04. The van der Waals surface area contributed by atoms with Crippen LogP contribution in [0.4, 0.5) is 0 Å². The molecule has 0 aromatic heterocycles. The zero-order valence-electron chi connectivity index (χ0n) is 13.9. The number of carbonyl (C=O) groups is 3. The van der Waals surface area contributed by atoms with Crippen LogP contribution in [0.3, 0.4) is 0 Å². The lowest BCUT2D eigenvalue weighted by atomic mass is 9.97. The first-order valence-electron chi connectivity index (χ1n) is 7.04. The summed E-state index contributed by atoms with van der Waals surface area (Å²) in [6, 6.07) is 8.56. The molecule has 0 saturated carbocycles. The summed E-state index contributed by atoms with van der Waals surface area (Å²) >= 11 is 0. The maximum atomic E-state index is 12.2. The smallest absolute Gasteiger partial charge is 0.358 e. The molecule has 6 heteroatoms. The molecule has 1 aromatic rings. The van der Waals surface area contributed by atoms with Crippen LogP contribution in [0.1, 0.15) is 33.3 Å². The molecule has 0 fully saturated rings. The fraction of sp³-hybridized carbons (Fsp3) is 0.353. The highest BCUT2D eigenvalue weighted by atomic mass is 16.5. The SMILES string of the molecule is COC(=O)/C(NC(C)=O)=C(\OC(=O)C(C)(C)C)c1ccccc1. The van der Waals surface area contributed by atoms with Crippen molar-refractivity contribution in [3.63, 3.8) is 0 Å². The van der Waals surface area contributed by atoms with Crippen molar-refractivity contribution in [2.75, 3.05) is 7.11 Å². The van der Waals surface area contributed by atoms with E-state index >= 15 is 0 Å². The average Bonchev–Trinajstić information content (AvgIpc) is 2.49. The maximum Gasteiger partial charge on any atom is 0.358 e. The minimum atomic E-state index is -0.805. The molecule has 0 unspecified atom stereocenters. The van der Waals surface area contributed by atoms with Gasteiger partial charge in [-0.15, -0.1) is 0 Å². The second kappa shape index (κ2) is 7.58. The minimum Gasteiger partial charge on any atom is -0.464 e. The van der Waals surface area contributed by atoms with Gasteiger partial charge in [-0.25, -0.2) is 4.79 Å². The highest BCUT2D eigenvalue weighted by Gasteiger charge is 2.28. The zero-order valence-corrected chi connectivity index (χ0v) is 13.9. The van der Waals surface area contributed by atoms with Crippen molar-refractivity contribution < 1.29 is 23.9 Å². The van der Waals surface area contributed by atoms with Crippen LogP contribution in [-0.4, -0.2) is 25.0 Å². The summed E-state index contributed by atoms with van der Waals surface area (Å²) in [6.45, 7) is 6.31. The normalized spacial score (nSPS) is 12.0. The van der Waals surface area contributed by atoms with Crippen LogP contribution in [0.2, 0.25) is 0 Å². The maximum absolute atomic E-state index is 12.2. The summed E-state index contributed by atoms with van der Waals surface area (Å²) < 4.78 is 10.1. The molecule has 0 aliphatic heterocycles. The van der Waals surface area contributed by atoms with E-state index in [1.165, 1.54) is 14.0 Å². The Bertz CT molecular complexity index is 626. The molecule has 1 aromatic carbocycles. The molecule has 0 aliphatic rings. The number of amides is 1. The van der Waals surface area contributed by atoms with Gasteiger partial charge in [-0.05, 0) is 20.8 Å². The molecule has 0 heterocycles. The Hall–Kier alpha value is -2.63. The monoisotopic (exact) mass is 319 g/mol. The van der Waals surface area contributed by atoms with Gasteiger partial charge in [0.15, 0.2) is 11.5 Å². The first-order chi connectivity index (χ1) is 10.7. The molecule has 23 heavy (non-hydrogen) atoms. The van der Waals surface area contributed by atoms with Crippen LogP contribution in [0.15, 0.2) is 36.0 Å². The van der Waals surface area contributed by atoms with E-state index in [1.807, 2.05) is 0 Å². The fourth-order valence-corrected chi connectivity index (χ4v) is 1.57. The molecule has 124 valence electrons. The summed E-state index contributed by atoms with van der Waals surface area (Å²) in [4.78, 5) is 35.6. The molecule has 0 bridgehead atoms. The minimum absolute atomic E-state index is 0.0485. The van der Waals surface area contributed by atoms with Gasteiger partial charge in [0.1, 0.15) is 0 Å². The van der Waals surface area contributed by atoms with Crippen LogP contribution in [0.5, 0.6) is 0 Å². The Labute approximate surface area is 135 Å². The van der Waals surface area contributed by atoms with E-state index < -0.39 is 23.3 Å². The van der Waals surface area contributed by atoms with Crippen molar-refractivity contribution in [1.82, 2.24) is 5.32 Å². The third-order valence-corrected chi connectivity index (χ3v) is 2.76. The molecule has 1 rings (SSSR count). The molecular formula is C17H21NO5. The Morgan fingerprint density at radius 1 is 1.04 bits per heavy atom. The van der Waals surface area contributed by atoms with Gasteiger partial charge in [0.25, 0.3) is 0 Å². The number of nitrogens with one attached hydrogen (secondary N) is 1. The molecule has 1 amide bonds. The molecule has 1 N–H and O–H groups in total. The third-order valence-electron chi connectivity index (χ3n) is 2.76. The topological polar surface area (TPSA) is 81.7 Å². The van der Waals surface area contributed by atoms with E-state index in [9.17, 15) is 14.4 Å². The number of carbonyl (C=O) groups excluding carboxylic acids is 3. The number of hydrogen-bond acceptors (Lipinski definition) is 5.